The number of hydrogen-bond acceptors (Lipinski definition) is 4. The van der Waals surface area contributed by atoms with Gasteiger partial charge in [-0.25, -0.2) is 0 Å². The van der Waals surface area contributed by atoms with Crippen molar-refractivity contribution in [3.63, 3.8) is 0 Å². The Labute approximate surface area is 177 Å². The molecular weight excluding hydrogens is 378 g/mol. The zero-order chi connectivity index (χ0) is 21.1. The molecule has 1 aliphatic heterocycles. The molecule has 2 aromatic carbocycles. The van der Waals surface area contributed by atoms with E-state index in [1.807, 2.05) is 73.3 Å². The zero-order valence-electron chi connectivity index (χ0n) is 17.6. The summed E-state index contributed by atoms with van der Waals surface area (Å²) >= 11 is 0. The number of carbonyl (C=O) groups excluding carboxylic acids is 1. The van der Waals surface area contributed by atoms with E-state index in [4.69, 9.17) is 9.15 Å². The molecule has 4 rings (SSSR count). The number of para-hydroxylation sites is 1. The number of likely N-dealkylation sites (tertiary alicyclic amines) is 1. The van der Waals surface area contributed by atoms with E-state index < -0.39 is 6.10 Å². The van der Waals surface area contributed by atoms with Crippen molar-refractivity contribution in [3.8, 4) is 0 Å². The summed E-state index contributed by atoms with van der Waals surface area (Å²) in [6.07, 6.45) is 1.10. The highest BCUT2D eigenvalue weighted by Crippen LogP contribution is 2.33. The fraction of sp³-hybridized carbons (Fsp3) is 0.400. The van der Waals surface area contributed by atoms with Gasteiger partial charge < -0.3 is 19.2 Å². The fourth-order valence-corrected chi connectivity index (χ4v) is 4.15. The van der Waals surface area contributed by atoms with Crippen LogP contribution < -0.4 is 0 Å². The molecule has 0 radical (unpaired) electrons. The van der Waals surface area contributed by atoms with Crippen LogP contribution in [0.1, 0.15) is 54.5 Å². The molecule has 158 valence electrons. The third-order valence-corrected chi connectivity index (χ3v) is 5.87. The number of carbonyl (C=O) groups is 1. The van der Waals surface area contributed by atoms with E-state index in [-0.39, 0.29) is 17.9 Å². The minimum atomic E-state index is -0.496. The average molecular weight is 408 g/mol. The number of rotatable bonds is 6. The lowest BCUT2D eigenvalue weighted by Crippen LogP contribution is -2.40. The second-order valence-corrected chi connectivity index (χ2v) is 8.25. The van der Waals surface area contributed by atoms with Gasteiger partial charge in [-0.3, -0.25) is 4.79 Å². The summed E-state index contributed by atoms with van der Waals surface area (Å²) in [5, 5.41) is 11.6. The number of furan rings is 1. The first-order valence-electron chi connectivity index (χ1n) is 10.7. The van der Waals surface area contributed by atoms with Crippen molar-refractivity contribution in [2.45, 2.75) is 45.5 Å². The van der Waals surface area contributed by atoms with Gasteiger partial charge in [0.25, 0.3) is 5.91 Å². The van der Waals surface area contributed by atoms with Crippen LogP contribution in [-0.4, -0.2) is 35.1 Å². The summed E-state index contributed by atoms with van der Waals surface area (Å²) in [4.78, 5) is 15.1. The number of amides is 1. The van der Waals surface area contributed by atoms with E-state index in [9.17, 15) is 9.90 Å². The number of fused-ring (bicyclic) bond motifs is 1. The van der Waals surface area contributed by atoms with Crippen LogP contribution in [0.2, 0.25) is 0 Å². The standard InChI is InChI=1S/C25H29NO4/c1-17(2)29-16-21-20-10-6-7-11-22(20)30-24(21)25(28)26-14-12-19(13-15-26)23(27)18-8-4-3-5-9-18/h3-11,17,19,23,27H,12-16H2,1-2H3. The summed E-state index contributed by atoms with van der Waals surface area (Å²) in [6.45, 7) is 5.52. The normalized spacial score (nSPS) is 16.3. The zero-order valence-corrected chi connectivity index (χ0v) is 17.6. The SMILES string of the molecule is CC(C)OCc1c(C(=O)N2CCC(C(O)c3ccccc3)CC2)oc2ccccc12. The molecule has 0 saturated carbocycles. The van der Waals surface area contributed by atoms with E-state index in [2.05, 4.69) is 0 Å². The highest BCUT2D eigenvalue weighted by atomic mass is 16.5. The maximum Gasteiger partial charge on any atom is 0.289 e. The summed E-state index contributed by atoms with van der Waals surface area (Å²) in [5.41, 5.74) is 2.46. The van der Waals surface area contributed by atoms with Crippen molar-refractivity contribution in [1.82, 2.24) is 4.90 Å². The number of aliphatic hydroxyl groups excluding tert-OH is 1. The Hall–Kier alpha value is -2.63. The second-order valence-electron chi connectivity index (χ2n) is 8.25. The first-order valence-corrected chi connectivity index (χ1v) is 10.7. The van der Waals surface area contributed by atoms with Crippen molar-refractivity contribution >= 4 is 16.9 Å². The van der Waals surface area contributed by atoms with Crippen molar-refractivity contribution in [3.05, 3.63) is 71.5 Å². The smallest absolute Gasteiger partial charge is 0.289 e. The summed E-state index contributed by atoms with van der Waals surface area (Å²) < 4.78 is 11.8. The van der Waals surface area contributed by atoms with Crippen LogP contribution in [0, 0.1) is 5.92 Å². The Balaban J connectivity index is 1.49. The highest BCUT2D eigenvalue weighted by Gasteiger charge is 2.31. The molecule has 0 aliphatic carbocycles. The Kier molecular flexibility index (Phi) is 6.21. The van der Waals surface area contributed by atoms with Crippen LogP contribution in [0.15, 0.2) is 59.0 Å². The molecule has 5 nitrogen and oxygen atoms in total. The summed E-state index contributed by atoms with van der Waals surface area (Å²) in [6, 6.07) is 17.5. The molecular formula is C25H29NO4. The maximum absolute atomic E-state index is 13.3. The third-order valence-electron chi connectivity index (χ3n) is 5.87. The van der Waals surface area contributed by atoms with Gasteiger partial charge in [-0.1, -0.05) is 48.5 Å². The molecule has 30 heavy (non-hydrogen) atoms. The number of hydrogen-bond donors (Lipinski definition) is 1. The predicted molar refractivity (Wildman–Crippen MR) is 116 cm³/mol. The quantitative estimate of drug-likeness (QED) is 0.628. The second kappa shape index (κ2) is 9.02. The van der Waals surface area contributed by atoms with Crippen LogP contribution in [0.5, 0.6) is 0 Å². The Morgan fingerprint density at radius 2 is 1.77 bits per heavy atom. The molecule has 1 fully saturated rings. The maximum atomic E-state index is 13.3. The van der Waals surface area contributed by atoms with Crippen molar-refractivity contribution in [2.24, 2.45) is 5.92 Å². The van der Waals surface area contributed by atoms with Crippen LogP contribution >= 0.6 is 0 Å². The fourth-order valence-electron chi connectivity index (χ4n) is 4.15. The molecule has 0 spiro atoms. The number of piperidine rings is 1. The van der Waals surface area contributed by atoms with Crippen LogP contribution in [-0.2, 0) is 11.3 Å². The van der Waals surface area contributed by atoms with Gasteiger partial charge in [-0.05, 0) is 44.2 Å². The highest BCUT2D eigenvalue weighted by molar-refractivity contribution is 5.99. The molecule has 3 aromatic rings. The predicted octanol–water partition coefficient (Wildman–Crippen LogP) is 4.94. The molecule has 1 aromatic heterocycles. The average Bonchev–Trinajstić information content (AvgIpc) is 3.16. The largest absolute Gasteiger partial charge is 0.451 e. The van der Waals surface area contributed by atoms with Crippen molar-refractivity contribution < 1.29 is 19.1 Å². The molecule has 1 amide bonds. The Bertz CT molecular complexity index is 987. The molecule has 1 unspecified atom stereocenters. The molecule has 1 atom stereocenters. The van der Waals surface area contributed by atoms with Gasteiger partial charge in [-0.15, -0.1) is 0 Å². The van der Waals surface area contributed by atoms with Crippen molar-refractivity contribution in [1.29, 1.82) is 0 Å². The Morgan fingerprint density at radius 1 is 1.10 bits per heavy atom. The monoisotopic (exact) mass is 407 g/mol. The lowest BCUT2D eigenvalue weighted by Gasteiger charge is -2.34. The number of benzene rings is 2. The van der Waals surface area contributed by atoms with Gasteiger partial charge in [-0.2, -0.15) is 0 Å². The van der Waals surface area contributed by atoms with E-state index in [1.165, 1.54) is 0 Å². The minimum absolute atomic E-state index is 0.0665. The molecule has 1 saturated heterocycles. The topological polar surface area (TPSA) is 62.9 Å². The Morgan fingerprint density at radius 3 is 2.47 bits per heavy atom. The summed E-state index contributed by atoms with van der Waals surface area (Å²) in [7, 11) is 0. The molecule has 5 heteroatoms. The van der Waals surface area contributed by atoms with E-state index in [0.717, 1.165) is 29.4 Å². The first kappa shape index (κ1) is 20.6. The van der Waals surface area contributed by atoms with Gasteiger partial charge in [0.1, 0.15) is 5.58 Å². The van der Waals surface area contributed by atoms with Gasteiger partial charge in [0, 0.05) is 24.0 Å². The van der Waals surface area contributed by atoms with Gasteiger partial charge >= 0.3 is 0 Å². The van der Waals surface area contributed by atoms with Gasteiger partial charge in [0.15, 0.2) is 5.76 Å². The van der Waals surface area contributed by atoms with Crippen LogP contribution in [0.4, 0.5) is 0 Å². The van der Waals surface area contributed by atoms with Crippen LogP contribution in [0.3, 0.4) is 0 Å². The lowest BCUT2D eigenvalue weighted by molar-refractivity contribution is 0.0428. The molecule has 1 aliphatic rings. The van der Waals surface area contributed by atoms with Crippen LogP contribution in [0.25, 0.3) is 11.0 Å². The molecule has 2 heterocycles. The number of nitrogens with zero attached hydrogens (tertiary/aromatic N) is 1. The number of ether oxygens (including phenoxy) is 1. The third kappa shape index (κ3) is 4.27. The van der Waals surface area contributed by atoms with E-state index >= 15 is 0 Å². The summed E-state index contributed by atoms with van der Waals surface area (Å²) in [5.74, 6) is 0.427. The van der Waals surface area contributed by atoms with Crippen molar-refractivity contribution in [2.75, 3.05) is 13.1 Å². The lowest BCUT2D eigenvalue weighted by atomic mass is 9.87. The first-order chi connectivity index (χ1) is 14.5. The van der Waals surface area contributed by atoms with Gasteiger partial charge in [0.2, 0.25) is 0 Å². The van der Waals surface area contributed by atoms with E-state index in [0.29, 0.717) is 31.0 Å². The number of aliphatic hydroxyl groups is 1. The van der Waals surface area contributed by atoms with E-state index in [1.54, 1.807) is 0 Å². The molecule has 1 N–H and O–H groups in total. The van der Waals surface area contributed by atoms with Gasteiger partial charge in [0.05, 0.1) is 18.8 Å². The molecule has 0 bridgehead atoms. The minimum Gasteiger partial charge on any atom is -0.451 e.